The Morgan fingerprint density at radius 3 is 1.55 bits per heavy atom. The Hall–Kier alpha value is -4.77. The summed E-state index contributed by atoms with van der Waals surface area (Å²) in [6.45, 7) is 6.79. The summed E-state index contributed by atoms with van der Waals surface area (Å²) in [5.41, 5.74) is 3.71. The van der Waals surface area contributed by atoms with Crippen LogP contribution in [-0.2, 0) is 29.0 Å². The van der Waals surface area contributed by atoms with Crippen molar-refractivity contribution in [1.82, 2.24) is 19.1 Å². The number of benzene rings is 2. The number of hydrogen-bond donors (Lipinski definition) is 2. The van der Waals surface area contributed by atoms with E-state index in [4.69, 9.17) is 44.3 Å². The van der Waals surface area contributed by atoms with Gasteiger partial charge in [0.05, 0.1) is 50.8 Å². The summed E-state index contributed by atoms with van der Waals surface area (Å²) in [6, 6.07) is 19.7. The third-order valence-corrected chi connectivity index (χ3v) is 8.41. The van der Waals surface area contributed by atoms with Gasteiger partial charge in [-0.1, -0.05) is 102 Å². The zero-order chi connectivity index (χ0) is 35.2. The van der Waals surface area contributed by atoms with Gasteiger partial charge in [-0.2, -0.15) is 0 Å². The van der Waals surface area contributed by atoms with Crippen LogP contribution in [-0.4, -0.2) is 54.5 Å². The average Bonchev–Trinajstić information content (AvgIpc) is 3.60. The summed E-state index contributed by atoms with van der Waals surface area (Å²) in [5.74, 6) is -1.96. The van der Waals surface area contributed by atoms with Crippen molar-refractivity contribution in [2.45, 2.75) is 40.3 Å². The predicted molar refractivity (Wildman–Crippen MR) is 190 cm³/mol. The molecule has 49 heavy (non-hydrogen) atoms. The smallest absolute Gasteiger partial charge is 0.360 e. The second-order valence-electron chi connectivity index (χ2n) is 10.8. The van der Waals surface area contributed by atoms with Gasteiger partial charge in [-0.05, 0) is 31.4 Å². The number of aryl methyl sites for hydroxylation is 1. The number of fused-ring (bicyclic) bond motifs is 2. The molecule has 10 nitrogen and oxygen atoms in total. The van der Waals surface area contributed by atoms with E-state index in [2.05, 4.69) is 9.97 Å². The molecule has 254 valence electrons. The van der Waals surface area contributed by atoms with Crippen LogP contribution < -0.4 is 0 Å². The Balaban J connectivity index is 0.000000191. The highest BCUT2D eigenvalue weighted by molar-refractivity contribution is 6.40. The highest BCUT2D eigenvalue weighted by Gasteiger charge is 2.25. The summed E-state index contributed by atoms with van der Waals surface area (Å²) < 4.78 is 13.6. The molecule has 0 saturated heterocycles. The lowest BCUT2D eigenvalue weighted by atomic mass is 10.1. The summed E-state index contributed by atoms with van der Waals surface area (Å²) in [5, 5.41) is 22.4. The van der Waals surface area contributed by atoms with E-state index in [1.165, 1.54) is 0 Å². The van der Waals surface area contributed by atoms with E-state index in [0.717, 1.165) is 16.6 Å². The molecule has 6 rings (SSSR count). The molecule has 0 radical (unpaired) electrons. The van der Waals surface area contributed by atoms with Crippen molar-refractivity contribution < 1.29 is 29.3 Å². The molecule has 0 unspecified atom stereocenters. The van der Waals surface area contributed by atoms with Crippen molar-refractivity contribution in [3.05, 3.63) is 116 Å². The van der Waals surface area contributed by atoms with E-state index in [1.54, 1.807) is 30.8 Å². The number of hydrogen-bond acceptors (Lipinski definition) is 8. The van der Waals surface area contributed by atoms with E-state index >= 15 is 0 Å². The molecule has 0 atom stereocenters. The quantitative estimate of drug-likeness (QED) is 0.112. The van der Waals surface area contributed by atoms with Gasteiger partial charge >= 0.3 is 11.9 Å². The molecular formula is C36H33Cl3N4O6. The fraction of sp³-hybridized carbons (Fsp3) is 0.222. The number of nitrogens with zero attached hydrogens (tertiary/aromatic N) is 4. The zero-order valence-corrected chi connectivity index (χ0v) is 29.2. The lowest BCUT2D eigenvalue weighted by Gasteiger charge is -2.11. The third-order valence-electron chi connectivity index (χ3n) is 7.58. The van der Waals surface area contributed by atoms with Crippen molar-refractivity contribution in [2.75, 3.05) is 13.2 Å². The molecule has 0 bridgehead atoms. The van der Waals surface area contributed by atoms with Gasteiger partial charge in [-0.15, -0.1) is 0 Å². The first kappa shape index (κ1) is 35.5. The number of aromatic nitrogens is 4. The van der Waals surface area contributed by atoms with Crippen LogP contribution in [0.15, 0.2) is 73.1 Å². The number of carbonyl (C=O) groups is 2. The zero-order valence-electron chi connectivity index (χ0n) is 26.9. The topological polar surface area (TPSA) is 129 Å². The van der Waals surface area contributed by atoms with Gasteiger partial charge in [-0.25, -0.2) is 19.6 Å². The molecule has 6 aromatic rings. The average molecular weight is 724 g/mol. The summed E-state index contributed by atoms with van der Waals surface area (Å²) in [7, 11) is 0. The van der Waals surface area contributed by atoms with Crippen molar-refractivity contribution >= 4 is 68.5 Å². The lowest BCUT2D eigenvalue weighted by Crippen LogP contribution is -2.10. The Morgan fingerprint density at radius 1 is 0.673 bits per heavy atom. The number of aromatic hydroxyl groups is 2. The van der Waals surface area contributed by atoms with Gasteiger partial charge in [0.2, 0.25) is 0 Å². The molecule has 2 aromatic carbocycles. The molecule has 13 heteroatoms. The van der Waals surface area contributed by atoms with Crippen molar-refractivity contribution in [3.63, 3.8) is 0 Å². The number of esters is 2. The Morgan fingerprint density at radius 2 is 1.10 bits per heavy atom. The molecule has 0 aliphatic heterocycles. The van der Waals surface area contributed by atoms with Crippen molar-refractivity contribution in [3.8, 4) is 11.5 Å². The number of pyridine rings is 2. The normalized spacial score (nSPS) is 11.0. The molecule has 4 aromatic heterocycles. The Labute approximate surface area is 297 Å². The predicted octanol–water partition coefficient (Wildman–Crippen LogP) is 8.46. The molecule has 0 aliphatic rings. The van der Waals surface area contributed by atoms with Crippen LogP contribution in [0.25, 0.3) is 21.8 Å². The second-order valence-corrected chi connectivity index (χ2v) is 12.0. The van der Waals surface area contributed by atoms with Crippen molar-refractivity contribution in [2.24, 2.45) is 0 Å². The monoisotopic (exact) mass is 722 g/mol. The molecule has 2 N–H and O–H groups in total. The van der Waals surface area contributed by atoms with Gasteiger partial charge in [0, 0.05) is 25.5 Å². The van der Waals surface area contributed by atoms with Crippen LogP contribution in [0.5, 0.6) is 11.5 Å². The van der Waals surface area contributed by atoms with Crippen LogP contribution >= 0.6 is 34.8 Å². The fourth-order valence-electron chi connectivity index (χ4n) is 5.45. The molecule has 0 spiro atoms. The van der Waals surface area contributed by atoms with Crippen molar-refractivity contribution in [1.29, 1.82) is 0 Å². The molecule has 4 heterocycles. The van der Waals surface area contributed by atoms with Gasteiger partial charge < -0.3 is 28.8 Å². The van der Waals surface area contributed by atoms with Crippen LogP contribution in [0.1, 0.15) is 58.6 Å². The maximum absolute atomic E-state index is 12.1. The molecule has 0 fully saturated rings. The third kappa shape index (κ3) is 7.46. The SMILES string of the molecule is CCOC(=O)c1nc(CC)c2c(c(Cl)cn2Cc2ccccc2)c1O.CCOC(=O)c1nc(Cl)c2c(c(Cl)cn2Cc2ccccc2)c1O. The lowest BCUT2D eigenvalue weighted by molar-refractivity contribution is 0.0506. The van der Waals surface area contributed by atoms with Gasteiger partial charge in [0.1, 0.15) is 0 Å². The highest BCUT2D eigenvalue weighted by atomic mass is 35.5. The molecule has 0 saturated carbocycles. The minimum absolute atomic E-state index is 0.0775. The minimum atomic E-state index is -0.745. The van der Waals surface area contributed by atoms with E-state index < -0.39 is 11.9 Å². The maximum atomic E-state index is 12.1. The van der Waals surface area contributed by atoms with E-state index in [1.807, 2.05) is 72.2 Å². The largest absolute Gasteiger partial charge is 0.505 e. The van der Waals surface area contributed by atoms with Crippen LogP contribution in [0.4, 0.5) is 0 Å². The first-order valence-electron chi connectivity index (χ1n) is 15.5. The summed E-state index contributed by atoms with van der Waals surface area (Å²) in [6.07, 6.45) is 4.01. The molecular weight excluding hydrogens is 691 g/mol. The standard InChI is InChI=1S/C19H19ClN2O3.C17H14Cl2N2O3/c1-3-14-17-15(18(23)16(21-14)19(24)25-4-2)13(20)11-22(17)10-12-8-6-5-7-9-12;1-2-24-17(23)13-15(22)12-11(18)9-21(14(12)16(19)20-13)8-10-6-4-3-5-7-10/h5-9,11,23H,3-4,10H2,1-2H3;3-7,9,22H,2,8H2,1H3. The minimum Gasteiger partial charge on any atom is -0.505 e. The second kappa shape index (κ2) is 15.6. The van der Waals surface area contributed by atoms with Crippen LogP contribution in [0.2, 0.25) is 15.2 Å². The Kier molecular flexibility index (Phi) is 11.3. The summed E-state index contributed by atoms with van der Waals surface area (Å²) >= 11 is 18.9. The van der Waals surface area contributed by atoms with Gasteiger partial charge in [-0.3, -0.25) is 0 Å². The number of carbonyl (C=O) groups excluding carboxylic acids is 2. The highest BCUT2D eigenvalue weighted by Crippen LogP contribution is 2.39. The first-order valence-corrected chi connectivity index (χ1v) is 16.6. The van der Waals surface area contributed by atoms with E-state index in [-0.39, 0.29) is 51.7 Å². The fourth-order valence-corrected chi connectivity index (χ4v) is 6.33. The van der Waals surface area contributed by atoms with Gasteiger partial charge in [0.25, 0.3) is 0 Å². The summed E-state index contributed by atoms with van der Waals surface area (Å²) in [4.78, 5) is 32.4. The maximum Gasteiger partial charge on any atom is 0.360 e. The molecule has 0 aliphatic carbocycles. The van der Waals surface area contributed by atoms with Crippen LogP contribution in [0.3, 0.4) is 0 Å². The van der Waals surface area contributed by atoms with E-state index in [9.17, 15) is 19.8 Å². The van der Waals surface area contributed by atoms with E-state index in [0.29, 0.717) is 41.1 Å². The first-order chi connectivity index (χ1) is 23.6. The number of rotatable bonds is 9. The number of halogens is 3. The Bertz CT molecular complexity index is 2130. The number of ether oxygens (including phenoxy) is 2. The van der Waals surface area contributed by atoms with Crippen LogP contribution in [0, 0.1) is 0 Å². The molecule has 0 amide bonds. The van der Waals surface area contributed by atoms with Gasteiger partial charge in [0.15, 0.2) is 28.0 Å².